The third kappa shape index (κ3) is 6.58. The van der Waals surface area contributed by atoms with E-state index in [1.807, 2.05) is 30.3 Å². The molecule has 1 atom stereocenters. The standard InChI is InChI=1S/C15H21N3O/c16-11-5-2-6-12-18-15(19)10-9-14(17)13-7-3-1-4-8-13/h1,3-4,7-8,14H,2,5-6,9-10,12,17H2,(H,18,19). The van der Waals surface area contributed by atoms with E-state index in [4.69, 9.17) is 11.0 Å². The van der Waals surface area contributed by atoms with Gasteiger partial charge in [-0.2, -0.15) is 5.26 Å². The SMILES string of the molecule is N#CCCCCNC(=O)CCC(N)c1ccccc1. The van der Waals surface area contributed by atoms with Crippen LogP contribution in [0.4, 0.5) is 0 Å². The molecule has 0 bridgehead atoms. The maximum absolute atomic E-state index is 11.6. The highest BCUT2D eigenvalue weighted by molar-refractivity contribution is 5.75. The first-order valence-corrected chi connectivity index (χ1v) is 6.68. The van der Waals surface area contributed by atoms with Crippen LogP contribution in [0.15, 0.2) is 30.3 Å². The van der Waals surface area contributed by atoms with Gasteiger partial charge in [-0.25, -0.2) is 0 Å². The number of carbonyl (C=O) groups is 1. The van der Waals surface area contributed by atoms with Crippen LogP contribution in [0.3, 0.4) is 0 Å². The normalized spacial score (nSPS) is 11.6. The van der Waals surface area contributed by atoms with E-state index in [1.165, 1.54) is 0 Å². The third-order valence-corrected chi connectivity index (χ3v) is 2.95. The fourth-order valence-corrected chi connectivity index (χ4v) is 1.80. The van der Waals surface area contributed by atoms with Gasteiger partial charge >= 0.3 is 0 Å². The summed E-state index contributed by atoms with van der Waals surface area (Å²) in [5.74, 6) is 0.0309. The first-order chi connectivity index (χ1) is 9.24. The first-order valence-electron chi connectivity index (χ1n) is 6.68. The minimum absolute atomic E-state index is 0.0309. The van der Waals surface area contributed by atoms with Gasteiger partial charge < -0.3 is 11.1 Å². The van der Waals surface area contributed by atoms with Crippen LogP contribution in [-0.2, 0) is 4.79 Å². The number of rotatable bonds is 8. The van der Waals surface area contributed by atoms with E-state index in [0.717, 1.165) is 18.4 Å². The number of nitrogens with two attached hydrogens (primary N) is 1. The molecule has 0 radical (unpaired) electrons. The minimum atomic E-state index is -0.0921. The Balaban J connectivity index is 2.15. The fraction of sp³-hybridized carbons (Fsp3) is 0.467. The maximum Gasteiger partial charge on any atom is 0.220 e. The summed E-state index contributed by atoms with van der Waals surface area (Å²) in [7, 11) is 0. The van der Waals surface area contributed by atoms with Crippen LogP contribution >= 0.6 is 0 Å². The summed E-state index contributed by atoms with van der Waals surface area (Å²) in [5, 5.41) is 11.2. The van der Waals surface area contributed by atoms with Crippen LogP contribution in [0.1, 0.15) is 43.7 Å². The van der Waals surface area contributed by atoms with Crippen LogP contribution in [0.25, 0.3) is 0 Å². The second-order valence-electron chi connectivity index (χ2n) is 4.52. The van der Waals surface area contributed by atoms with Crippen molar-refractivity contribution in [2.75, 3.05) is 6.54 Å². The highest BCUT2D eigenvalue weighted by atomic mass is 16.1. The Kier molecular flexibility index (Phi) is 7.30. The monoisotopic (exact) mass is 259 g/mol. The van der Waals surface area contributed by atoms with Gasteiger partial charge in [-0.05, 0) is 24.8 Å². The Hall–Kier alpha value is -1.86. The smallest absolute Gasteiger partial charge is 0.220 e. The number of unbranched alkanes of at least 4 members (excludes halogenated alkanes) is 2. The van der Waals surface area contributed by atoms with Crippen molar-refractivity contribution in [1.82, 2.24) is 5.32 Å². The molecule has 3 N–H and O–H groups in total. The summed E-state index contributed by atoms with van der Waals surface area (Å²) in [6, 6.07) is 11.8. The van der Waals surface area contributed by atoms with Crippen molar-refractivity contribution in [2.24, 2.45) is 5.73 Å². The lowest BCUT2D eigenvalue weighted by Crippen LogP contribution is -2.25. The molecular formula is C15H21N3O. The van der Waals surface area contributed by atoms with E-state index in [0.29, 0.717) is 25.8 Å². The number of benzene rings is 1. The largest absolute Gasteiger partial charge is 0.356 e. The van der Waals surface area contributed by atoms with Crippen molar-refractivity contribution in [3.63, 3.8) is 0 Å². The molecule has 4 heteroatoms. The highest BCUT2D eigenvalue weighted by Gasteiger charge is 2.08. The van der Waals surface area contributed by atoms with Gasteiger partial charge in [-0.3, -0.25) is 4.79 Å². The zero-order valence-corrected chi connectivity index (χ0v) is 11.1. The average Bonchev–Trinajstić information content (AvgIpc) is 2.45. The number of hydrogen-bond acceptors (Lipinski definition) is 3. The quantitative estimate of drug-likeness (QED) is 0.703. The van der Waals surface area contributed by atoms with Gasteiger partial charge in [0.2, 0.25) is 5.91 Å². The maximum atomic E-state index is 11.6. The van der Waals surface area contributed by atoms with Crippen molar-refractivity contribution in [3.05, 3.63) is 35.9 Å². The predicted octanol–water partition coefficient (Wildman–Crippen LogP) is 2.28. The summed E-state index contributed by atoms with van der Waals surface area (Å²) in [5.41, 5.74) is 7.08. The fourth-order valence-electron chi connectivity index (χ4n) is 1.80. The molecule has 19 heavy (non-hydrogen) atoms. The summed E-state index contributed by atoms with van der Waals surface area (Å²) in [4.78, 5) is 11.6. The van der Waals surface area contributed by atoms with Crippen LogP contribution in [0, 0.1) is 11.3 Å². The van der Waals surface area contributed by atoms with Gasteiger partial charge in [-0.15, -0.1) is 0 Å². The molecule has 0 spiro atoms. The van der Waals surface area contributed by atoms with E-state index in [2.05, 4.69) is 11.4 Å². The van der Waals surface area contributed by atoms with Crippen molar-refractivity contribution < 1.29 is 4.79 Å². The number of nitrogens with one attached hydrogen (secondary N) is 1. The Bertz CT molecular complexity index is 411. The van der Waals surface area contributed by atoms with Crippen LogP contribution in [-0.4, -0.2) is 12.5 Å². The van der Waals surface area contributed by atoms with Gasteiger partial charge in [0, 0.05) is 25.4 Å². The van der Waals surface area contributed by atoms with E-state index in [9.17, 15) is 4.79 Å². The summed E-state index contributed by atoms with van der Waals surface area (Å²) < 4.78 is 0. The van der Waals surface area contributed by atoms with E-state index < -0.39 is 0 Å². The molecule has 0 aliphatic carbocycles. The molecule has 0 heterocycles. The zero-order valence-electron chi connectivity index (χ0n) is 11.1. The minimum Gasteiger partial charge on any atom is -0.356 e. The lowest BCUT2D eigenvalue weighted by atomic mass is 10.0. The molecule has 0 aromatic heterocycles. The Labute approximate surface area is 114 Å². The number of nitriles is 1. The number of carbonyl (C=O) groups excluding carboxylic acids is 1. The van der Waals surface area contributed by atoms with Gasteiger partial charge in [0.05, 0.1) is 6.07 Å². The molecule has 0 fully saturated rings. The Morgan fingerprint density at radius 2 is 2.05 bits per heavy atom. The van der Waals surface area contributed by atoms with Crippen LogP contribution in [0.5, 0.6) is 0 Å². The Morgan fingerprint density at radius 3 is 2.74 bits per heavy atom. The third-order valence-electron chi connectivity index (χ3n) is 2.95. The lowest BCUT2D eigenvalue weighted by Gasteiger charge is -2.11. The number of nitrogens with zero attached hydrogens (tertiary/aromatic N) is 1. The summed E-state index contributed by atoms with van der Waals surface area (Å²) in [6.07, 6.45) is 3.32. The molecule has 1 aromatic carbocycles. The Morgan fingerprint density at radius 1 is 1.32 bits per heavy atom. The molecule has 1 aromatic rings. The van der Waals surface area contributed by atoms with Gasteiger partial charge in [-0.1, -0.05) is 30.3 Å². The molecule has 0 saturated carbocycles. The average molecular weight is 259 g/mol. The molecule has 1 unspecified atom stereocenters. The molecule has 102 valence electrons. The van der Waals surface area contributed by atoms with E-state index >= 15 is 0 Å². The van der Waals surface area contributed by atoms with Gasteiger partial charge in [0.1, 0.15) is 0 Å². The van der Waals surface area contributed by atoms with Crippen molar-refractivity contribution in [1.29, 1.82) is 5.26 Å². The number of amides is 1. The highest BCUT2D eigenvalue weighted by Crippen LogP contribution is 2.14. The van der Waals surface area contributed by atoms with E-state index in [-0.39, 0.29) is 11.9 Å². The molecular weight excluding hydrogens is 238 g/mol. The molecule has 0 aliphatic rings. The molecule has 0 saturated heterocycles. The molecule has 1 amide bonds. The number of hydrogen-bond donors (Lipinski definition) is 2. The molecule has 1 rings (SSSR count). The van der Waals surface area contributed by atoms with Gasteiger partial charge in [0.25, 0.3) is 0 Å². The van der Waals surface area contributed by atoms with Crippen molar-refractivity contribution in [2.45, 2.75) is 38.1 Å². The lowest BCUT2D eigenvalue weighted by molar-refractivity contribution is -0.121. The zero-order chi connectivity index (χ0) is 13.9. The predicted molar refractivity (Wildman–Crippen MR) is 75.1 cm³/mol. The van der Waals surface area contributed by atoms with E-state index in [1.54, 1.807) is 0 Å². The summed E-state index contributed by atoms with van der Waals surface area (Å²) >= 11 is 0. The second-order valence-corrected chi connectivity index (χ2v) is 4.52. The second kappa shape index (κ2) is 9.12. The summed E-state index contributed by atoms with van der Waals surface area (Å²) in [6.45, 7) is 0.640. The first kappa shape index (κ1) is 15.2. The van der Waals surface area contributed by atoms with Gasteiger partial charge in [0.15, 0.2) is 0 Å². The van der Waals surface area contributed by atoms with Crippen LogP contribution < -0.4 is 11.1 Å². The molecule has 4 nitrogen and oxygen atoms in total. The van der Waals surface area contributed by atoms with Crippen molar-refractivity contribution in [3.8, 4) is 6.07 Å². The van der Waals surface area contributed by atoms with Crippen LogP contribution in [0.2, 0.25) is 0 Å². The topological polar surface area (TPSA) is 78.9 Å². The van der Waals surface area contributed by atoms with Crippen molar-refractivity contribution >= 4 is 5.91 Å². The molecule has 0 aliphatic heterocycles.